The average molecular weight is 330 g/mol. The van der Waals surface area contributed by atoms with Gasteiger partial charge in [0.1, 0.15) is 0 Å². The molecule has 6 heteroatoms. The Kier molecular flexibility index (Phi) is 5.27. The SMILES string of the molecule is CS(=O)(=O)c1cccc(C(=O)N2CCCC2CCCCl)c1. The summed E-state index contributed by atoms with van der Waals surface area (Å²) in [5.41, 5.74) is 0.440. The summed E-state index contributed by atoms with van der Waals surface area (Å²) in [4.78, 5) is 14.6. The summed E-state index contributed by atoms with van der Waals surface area (Å²) >= 11 is 5.73. The van der Waals surface area contributed by atoms with Crippen LogP contribution in [0.5, 0.6) is 0 Å². The van der Waals surface area contributed by atoms with Crippen LogP contribution >= 0.6 is 11.6 Å². The normalized spacial score (nSPS) is 19.0. The Morgan fingerprint density at radius 1 is 1.43 bits per heavy atom. The van der Waals surface area contributed by atoms with Gasteiger partial charge in [-0.3, -0.25) is 4.79 Å². The molecule has 1 aliphatic rings. The van der Waals surface area contributed by atoms with Gasteiger partial charge in [-0.15, -0.1) is 11.6 Å². The van der Waals surface area contributed by atoms with Crippen molar-refractivity contribution in [2.24, 2.45) is 0 Å². The minimum absolute atomic E-state index is 0.0856. The third-order valence-electron chi connectivity index (χ3n) is 3.82. The molecule has 0 aliphatic carbocycles. The van der Waals surface area contributed by atoms with Gasteiger partial charge in [-0.05, 0) is 43.9 Å². The van der Waals surface area contributed by atoms with Gasteiger partial charge >= 0.3 is 0 Å². The summed E-state index contributed by atoms with van der Waals surface area (Å²) in [6.07, 6.45) is 4.93. The zero-order chi connectivity index (χ0) is 15.5. The highest BCUT2D eigenvalue weighted by molar-refractivity contribution is 7.90. The summed E-state index contributed by atoms with van der Waals surface area (Å²) in [6.45, 7) is 0.731. The molecule has 1 aromatic carbocycles. The Hall–Kier alpha value is -1.07. The van der Waals surface area contributed by atoms with Crippen molar-refractivity contribution in [1.29, 1.82) is 0 Å². The number of sulfone groups is 1. The Bertz CT molecular complexity index is 615. The van der Waals surface area contributed by atoms with Gasteiger partial charge in [-0.2, -0.15) is 0 Å². The largest absolute Gasteiger partial charge is 0.336 e. The highest BCUT2D eigenvalue weighted by Gasteiger charge is 2.29. The van der Waals surface area contributed by atoms with E-state index in [1.54, 1.807) is 12.1 Å². The second-order valence-corrected chi connectivity index (χ2v) is 7.82. The summed E-state index contributed by atoms with van der Waals surface area (Å²) in [5.74, 6) is 0.514. The summed E-state index contributed by atoms with van der Waals surface area (Å²) in [6, 6.07) is 6.50. The Morgan fingerprint density at radius 3 is 2.86 bits per heavy atom. The summed E-state index contributed by atoms with van der Waals surface area (Å²) in [5, 5.41) is 0. The van der Waals surface area contributed by atoms with Crippen LogP contribution in [0.25, 0.3) is 0 Å². The van der Waals surface area contributed by atoms with Crippen molar-refractivity contribution in [3.8, 4) is 0 Å². The number of halogens is 1. The number of hydrogen-bond donors (Lipinski definition) is 0. The van der Waals surface area contributed by atoms with E-state index in [1.807, 2.05) is 4.90 Å². The summed E-state index contributed by atoms with van der Waals surface area (Å²) < 4.78 is 23.2. The summed E-state index contributed by atoms with van der Waals surface area (Å²) in [7, 11) is -3.30. The molecule has 1 saturated heterocycles. The number of nitrogens with zero attached hydrogens (tertiary/aromatic N) is 1. The van der Waals surface area contributed by atoms with Crippen molar-refractivity contribution >= 4 is 27.3 Å². The van der Waals surface area contributed by atoms with Crippen molar-refractivity contribution in [2.75, 3.05) is 18.7 Å². The first kappa shape index (κ1) is 16.3. The van der Waals surface area contributed by atoms with Crippen molar-refractivity contribution in [3.63, 3.8) is 0 Å². The molecule has 2 rings (SSSR count). The molecule has 1 atom stereocenters. The maximum Gasteiger partial charge on any atom is 0.254 e. The average Bonchev–Trinajstić information content (AvgIpc) is 2.92. The second-order valence-electron chi connectivity index (χ2n) is 5.43. The molecule has 116 valence electrons. The van der Waals surface area contributed by atoms with E-state index in [0.717, 1.165) is 38.5 Å². The quantitative estimate of drug-likeness (QED) is 0.780. The van der Waals surface area contributed by atoms with E-state index < -0.39 is 9.84 Å². The molecule has 0 aromatic heterocycles. The molecule has 1 fully saturated rings. The lowest BCUT2D eigenvalue weighted by Gasteiger charge is -2.24. The molecule has 4 nitrogen and oxygen atoms in total. The van der Waals surface area contributed by atoms with Crippen LogP contribution in [0.3, 0.4) is 0 Å². The number of amides is 1. The molecule has 0 saturated carbocycles. The highest BCUT2D eigenvalue weighted by Crippen LogP contribution is 2.24. The molecular formula is C15H20ClNO3S. The van der Waals surface area contributed by atoms with Crippen molar-refractivity contribution in [1.82, 2.24) is 4.90 Å². The third kappa shape index (κ3) is 3.98. The number of carbonyl (C=O) groups excluding carboxylic acids is 1. The van der Waals surface area contributed by atoms with E-state index in [1.165, 1.54) is 12.1 Å². The second kappa shape index (κ2) is 6.79. The smallest absolute Gasteiger partial charge is 0.254 e. The van der Waals surface area contributed by atoms with Gasteiger partial charge in [0.2, 0.25) is 0 Å². The number of benzene rings is 1. The Morgan fingerprint density at radius 2 is 2.19 bits per heavy atom. The van der Waals surface area contributed by atoms with Gasteiger partial charge in [0.05, 0.1) is 4.90 Å². The van der Waals surface area contributed by atoms with Crippen LogP contribution in [0, 0.1) is 0 Å². The van der Waals surface area contributed by atoms with Crippen LogP contribution in [0.2, 0.25) is 0 Å². The van der Waals surface area contributed by atoms with E-state index in [0.29, 0.717) is 11.4 Å². The van der Waals surface area contributed by atoms with Gasteiger partial charge in [-0.25, -0.2) is 8.42 Å². The lowest BCUT2D eigenvalue weighted by molar-refractivity contribution is 0.0730. The first-order valence-corrected chi connectivity index (χ1v) is 9.53. The zero-order valence-electron chi connectivity index (χ0n) is 12.1. The maximum absolute atomic E-state index is 12.6. The molecular weight excluding hydrogens is 310 g/mol. The molecule has 1 heterocycles. The predicted molar refractivity (Wildman–Crippen MR) is 83.6 cm³/mol. The minimum Gasteiger partial charge on any atom is -0.336 e. The molecule has 21 heavy (non-hydrogen) atoms. The highest BCUT2D eigenvalue weighted by atomic mass is 35.5. The van der Waals surface area contributed by atoms with Crippen LogP contribution < -0.4 is 0 Å². The van der Waals surface area contributed by atoms with Gasteiger partial charge in [0.25, 0.3) is 5.91 Å². The fourth-order valence-electron chi connectivity index (χ4n) is 2.74. The van der Waals surface area contributed by atoms with Crippen LogP contribution in [0.4, 0.5) is 0 Å². The molecule has 0 radical (unpaired) electrons. The first-order chi connectivity index (χ1) is 9.93. The Labute approximate surface area is 131 Å². The zero-order valence-corrected chi connectivity index (χ0v) is 13.7. The van der Waals surface area contributed by atoms with Gasteiger partial charge in [-0.1, -0.05) is 6.07 Å². The third-order valence-corrected chi connectivity index (χ3v) is 5.20. The molecule has 0 bridgehead atoms. The van der Waals surface area contributed by atoms with Gasteiger partial charge in [0, 0.05) is 30.3 Å². The predicted octanol–water partition coefficient (Wildman–Crippen LogP) is 2.71. The standard InChI is InChI=1S/C15H20ClNO3S/c1-21(19,20)14-8-2-5-12(11-14)15(18)17-10-4-7-13(17)6-3-9-16/h2,5,8,11,13H,3-4,6-7,9-10H2,1H3. The van der Waals surface area contributed by atoms with Gasteiger partial charge in [0.15, 0.2) is 9.84 Å². The monoisotopic (exact) mass is 329 g/mol. The van der Waals surface area contributed by atoms with Crippen LogP contribution in [0.1, 0.15) is 36.0 Å². The maximum atomic E-state index is 12.6. The van der Waals surface area contributed by atoms with E-state index in [9.17, 15) is 13.2 Å². The van der Waals surface area contributed by atoms with E-state index >= 15 is 0 Å². The molecule has 1 unspecified atom stereocenters. The lowest BCUT2D eigenvalue weighted by atomic mass is 10.1. The molecule has 0 N–H and O–H groups in total. The molecule has 1 amide bonds. The van der Waals surface area contributed by atoms with Crippen LogP contribution in [-0.2, 0) is 9.84 Å². The van der Waals surface area contributed by atoms with E-state index in [2.05, 4.69) is 0 Å². The lowest BCUT2D eigenvalue weighted by Crippen LogP contribution is -2.35. The van der Waals surface area contributed by atoms with Crippen LogP contribution in [0.15, 0.2) is 29.2 Å². The van der Waals surface area contributed by atoms with Crippen LogP contribution in [-0.4, -0.2) is 43.9 Å². The number of rotatable bonds is 5. The topological polar surface area (TPSA) is 54.5 Å². The molecule has 0 spiro atoms. The van der Waals surface area contributed by atoms with E-state index in [-0.39, 0.29) is 16.8 Å². The number of hydrogen-bond acceptors (Lipinski definition) is 3. The van der Waals surface area contributed by atoms with Crippen molar-refractivity contribution < 1.29 is 13.2 Å². The first-order valence-electron chi connectivity index (χ1n) is 7.10. The molecule has 1 aromatic rings. The van der Waals surface area contributed by atoms with Crippen molar-refractivity contribution in [2.45, 2.75) is 36.6 Å². The fraction of sp³-hybridized carbons (Fsp3) is 0.533. The van der Waals surface area contributed by atoms with Crippen molar-refractivity contribution in [3.05, 3.63) is 29.8 Å². The fourth-order valence-corrected chi connectivity index (χ4v) is 3.56. The molecule has 1 aliphatic heterocycles. The number of alkyl halides is 1. The number of likely N-dealkylation sites (tertiary alicyclic amines) is 1. The van der Waals surface area contributed by atoms with E-state index in [4.69, 9.17) is 11.6 Å². The van der Waals surface area contributed by atoms with Gasteiger partial charge < -0.3 is 4.90 Å². The Balaban J connectivity index is 2.19. The minimum atomic E-state index is -3.30. The number of carbonyl (C=O) groups is 1.